The van der Waals surface area contributed by atoms with Crippen molar-refractivity contribution >= 4 is 22.9 Å². The SMILES string of the molecule is Cc1nc2cc(C(=O)N(C)CC(C)C(=O)O)ccc2n1-c1ccccc1. The number of carboxylic acids is 1. The van der Waals surface area contributed by atoms with Gasteiger partial charge in [0, 0.05) is 24.8 Å². The Hall–Kier alpha value is -3.15. The molecule has 0 bridgehead atoms. The number of aromatic nitrogens is 2. The molecule has 6 nitrogen and oxygen atoms in total. The lowest BCUT2D eigenvalue weighted by atomic mass is 10.1. The van der Waals surface area contributed by atoms with E-state index < -0.39 is 11.9 Å². The quantitative estimate of drug-likeness (QED) is 0.766. The third kappa shape index (κ3) is 3.31. The van der Waals surface area contributed by atoms with Crippen molar-refractivity contribution in [1.29, 1.82) is 0 Å². The fraction of sp³-hybridized carbons (Fsp3) is 0.250. The molecule has 0 aliphatic rings. The van der Waals surface area contributed by atoms with Crippen LogP contribution in [0.25, 0.3) is 16.7 Å². The van der Waals surface area contributed by atoms with Crippen LogP contribution in [-0.4, -0.2) is 45.0 Å². The first-order chi connectivity index (χ1) is 12.4. The summed E-state index contributed by atoms with van der Waals surface area (Å²) in [5.41, 5.74) is 3.16. The minimum absolute atomic E-state index is 0.156. The van der Waals surface area contributed by atoms with Gasteiger partial charge in [-0.3, -0.25) is 14.2 Å². The number of carbonyl (C=O) groups excluding carboxylic acids is 1. The highest BCUT2D eigenvalue weighted by molar-refractivity contribution is 5.97. The van der Waals surface area contributed by atoms with Gasteiger partial charge in [-0.25, -0.2) is 4.98 Å². The molecule has 0 radical (unpaired) electrons. The third-order valence-corrected chi connectivity index (χ3v) is 4.40. The molecule has 1 unspecified atom stereocenters. The van der Waals surface area contributed by atoms with Gasteiger partial charge in [-0.2, -0.15) is 0 Å². The number of aliphatic carboxylic acids is 1. The van der Waals surface area contributed by atoms with Crippen molar-refractivity contribution in [2.24, 2.45) is 5.92 Å². The predicted molar refractivity (Wildman–Crippen MR) is 99.6 cm³/mol. The van der Waals surface area contributed by atoms with E-state index in [1.165, 1.54) is 4.90 Å². The number of imidazole rings is 1. The Morgan fingerprint density at radius 3 is 2.54 bits per heavy atom. The summed E-state index contributed by atoms with van der Waals surface area (Å²) in [7, 11) is 1.61. The Balaban J connectivity index is 1.93. The molecule has 0 fully saturated rings. The van der Waals surface area contributed by atoms with Crippen LogP contribution in [-0.2, 0) is 4.79 Å². The van der Waals surface area contributed by atoms with Crippen molar-refractivity contribution in [2.45, 2.75) is 13.8 Å². The van der Waals surface area contributed by atoms with Crippen molar-refractivity contribution in [1.82, 2.24) is 14.5 Å². The van der Waals surface area contributed by atoms with Crippen LogP contribution in [0.4, 0.5) is 0 Å². The van der Waals surface area contributed by atoms with E-state index in [2.05, 4.69) is 4.98 Å². The van der Waals surface area contributed by atoms with Crippen molar-refractivity contribution in [2.75, 3.05) is 13.6 Å². The average Bonchev–Trinajstić information content (AvgIpc) is 2.96. The van der Waals surface area contributed by atoms with Crippen LogP contribution < -0.4 is 0 Å². The highest BCUT2D eigenvalue weighted by atomic mass is 16.4. The van der Waals surface area contributed by atoms with Crippen LogP contribution in [0, 0.1) is 12.8 Å². The van der Waals surface area contributed by atoms with E-state index in [0.29, 0.717) is 5.56 Å². The molecular formula is C20H21N3O3. The number of carbonyl (C=O) groups is 2. The van der Waals surface area contributed by atoms with Crippen LogP contribution >= 0.6 is 0 Å². The molecular weight excluding hydrogens is 330 g/mol. The van der Waals surface area contributed by atoms with E-state index in [1.807, 2.05) is 47.9 Å². The largest absolute Gasteiger partial charge is 0.481 e. The molecule has 3 rings (SSSR count). The second kappa shape index (κ2) is 7.00. The van der Waals surface area contributed by atoms with Gasteiger partial charge < -0.3 is 10.0 Å². The molecule has 6 heteroatoms. The van der Waals surface area contributed by atoms with Crippen LogP contribution in [0.15, 0.2) is 48.5 Å². The molecule has 2 aromatic carbocycles. The maximum Gasteiger partial charge on any atom is 0.308 e. The summed E-state index contributed by atoms with van der Waals surface area (Å²) in [6.07, 6.45) is 0. The zero-order valence-electron chi connectivity index (χ0n) is 15.0. The number of hydrogen-bond donors (Lipinski definition) is 1. The standard InChI is InChI=1S/C20H21N3O3/c1-13(20(25)26)12-22(3)19(24)15-9-10-18-17(11-15)21-14(2)23(18)16-7-5-4-6-8-16/h4-11,13H,12H2,1-3H3,(H,25,26). The van der Waals surface area contributed by atoms with E-state index in [4.69, 9.17) is 5.11 Å². The topological polar surface area (TPSA) is 75.4 Å². The molecule has 1 atom stereocenters. The molecule has 0 spiro atoms. The monoisotopic (exact) mass is 351 g/mol. The summed E-state index contributed by atoms with van der Waals surface area (Å²) in [6, 6.07) is 15.3. The Labute approximate surface area is 151 Å². The van der Waals surface area contributed by atoms with E-state index in [0.717, 1.165) is 22.5 Å². The summed E-state index contributed by atoms with van der Waals surface area (Å²) in [4.78, 5) is 29.6. The lowest BCUT2D eigenvalue weighted by Crippen LogP contribution is -2.33. The fourth-order valence-electron chi connectivity index (χ4n) is 3.03. The Kier molecular flexibility index (Phi) is 4.75. The summed E-state index contributed by atoms with van der Waals surface area (Å²) in [5.74, 6) is -0.917. The van der Waals surface area contributed by atoms with Gasteiger partial charge in [0.1, 0.15) is 5.82 Å². The molecule has 26 heavy (non-hydrogen) atoms. The molecule has 0 aliphatic carbocycles. The maximum atomic E-state index is 12.6. The van der Waals surface area contributed by atoms with Gasteiger partial charge in [-0.05, 0) is 37.3 Å². The zero-order valence-corrected chi connectivity index (χ0v) is 15.0. The lowest BCUT2D eigenvalue weighted by Gasteiger charge is -2.19. The van der Waals surface area contributed by atoms with Gasteiger partial charge in [0.2, 0.25) is 0 Å². The molecule has 134 valence electrons. The number of fused-ring (bicyclic) bond motifs is 1. The number of rotatable bonds is 5. The van der Waals surface area contributed by atoms with Gasteiger partial charge in [0.15, 0.2) is 0 Å². The predicted octanol–water partition coefficient (Wildman–Crippen LogP) is 3.13. The van der Waals surface area contributed by atoms with Crippen LogP contribution in [0.5, 0.6) is 0 Å². The minimum atomic E-state index is -0.919. The van der Waals surface area contributed by atoms with Gasteiger partial charge in [-0.1, -0.05) is 25.1 Å². The fourth-order valence-corrected chi connectivity index (χ4v) is 3.03. The molecule has 1 N–H and O–H groups in total. The molecule has 3 aromatic rings. The molecule has 1 heterocycles. The number of amides is 1. The van der Waals surface area contributed by atoms with Crippen molar-refractivity contribution < 1.29 is 14.7 Å². The minimum Gasteiger partial charge on any atom is -0.481 e. The molecule has 1 aromatic heterocycles. The summed E-state index contributed by atoms with van der Waals surface area (Å²) < 4.78 is 2.04. The normalized spacial score (nSPS) is 12.1. The maximum absolute atomic E-state index is 12.6. The van der Waals surface area contributed by atoms with E-state index >= 15 is 0 Å². The first kappa shape index (κ1) is 17.7. The molecule has 0 saturated heterocycles. The number of benzene rings is 2. The van der Waals surface area contributed by atoms with Gasteiger partial charge in [0.05, 0.1) is 17.0 Å². The first-order valence-corrected chi connectivity index (χ1v) is 8.41. The van der Waals surface area contributed by atoms with Crippen LogP contribution in [0.2, 0.25) is 0 Å². The highest BCUT2D eigenvalue weighted by Crippen LogP contribution is 2.22. The van der Waals surface area contributed by atoms with Gasteiger partial charge in [0.25, 0.3) is 5.91 Å². The second-order valence-corrected chi connectivity index (χ2v) is 6.46. The van der Waals surface area contributed by atoms with E-state index in [-0.39, 0.29) is 12.5 Å². The van der Waals surface area contributed by atoms with Gasteiger partial charge in [-0.15, -0.1) is 0 Å². The third-order valence-electron chi connectivity index (χ3n) is 4.40. The average molecular weight is 351 g/mol. The number of nitrogens with zero attached hydrogens (tertiary/aromatic N) is 3. The van der Waals surface area contributed by atoms with Crippen LogP contribution in [0.1, 0.15) is 23.1 Å². The number of aryl methyl sites for hydroxylation is 1. The molecule has 0 saturated carbocycles. The lowest BCUT2D eigenvalue weighted by molar-refractivity contribution is -0.141. The Morgan fingerprint density at radius 1 is 1.19 bits per heavy atom. The first-order valence-electron chi connectivity index (χ1n) is 8.41. The Morgan fingerprint density at radius 2 is 1.88 bits per heavy atom. The smallest absolute Gasteiger partial charge is 0.308 e. The second-order valence-electron chi connectivity index (χ2n) is 6.46. The number of para-hydroxylation sites is 1. The summed E-state index contributed by atoms with van der Waals surface area (Å²) in [6.45, 7) is 3.67. The van der Waals surface area contributed by atoms with Crippen molar-refractivity contribution in [3.63, 3.8) is 0 Å². The van der Waals surface area contributed by atoms with E-state index in [9.17, 15) is 9.59 Å². The zero-order chi connectivity index (χ0) is 18.8. The van der Waals surface area contributed by atoms with Crippen molar-refractivity contribution in [3.05, 3.63) is 59.9 Å². The summed E-state index contributed by atoms with van der Waals surface area (Å²) >= 11 is 0. The summed E-state index contributed by atoms with van der Waals surface area (Å²) in [5, 5.41) is 9.02. The van der Waals surface area contributed by atoms with E-state index in [1.54, 1.807) is 26.1 Å². The molecule has 0 aliphatic heterocycles. The van der Waals surface area contributed by atoms with Gasteiger partial charge >= 0.3 is 5.97 Å². The number of hydrogen-bond acceptors (Lipinski definition) is 3. The van der Waals surface area contributed by atoms with Crippen molar-refractivity contribution in [3.8, 4) is 5.69 Å². The molecule has 1 amide bonds. The highest BCUT2D eigenvalue weighted by Gasteiger charge is 2.19. The Bertz CT molecular complexity index is 963. The number of carboxylic acid groups (broad SMARTS) is 1. The van der Waals surface area contributed by atoms with Crippen LogP contribution in [0.3, 0.4) is 0 Å².